The maximum atomic E-state index is 5.49. The lowest BCUT2D eigenvalue weighted by molar-refractivity contribution is -0.433. The molecule has 0 amide bonds. The van der Waals surface area contributed by atoms with Crippen molar-refractivity contribution in [2.24, 2.45) is 0 Å². The Hall–Kier alpha value is -0.160. The number of rotatable bonds is 12. The summed E-state index contributed by atoms with van der Waals surface area (Å²) in [6.45, 7) is 8.97. The highest BCUT2D eigenvalue weighted by molar-refractivity contribution is 4.52. The summed E-state index contributed by atoms with van der Waals surface area (Å²) >= 11 is 0. The highest BCUT2D eigenvalue weighted by Gasteiger charge is 2.21. The second kappa shape index (κ2) is 10.7. The van der Waals surface area contributed by atoms with Gasteiger partial charge < -0.3 is 9.47 Å². The zero-order valence-electron chi connectivity index (χ0n) is 12.7. The van der Waals surface area contributed by atoms with Gasteiger partial charge in [-0.15, -0.1) is 0 Å². The molecule has 0 aliphatic rings. The normalized spacial score (nSPS) is 13.8. The molecule has 0 aromatic rings. The van der Waals surface area contributed by atoms with E-state index in [4.69, 9.17) is 19.2 Å². The van der Waals surface area contributed by atoms with Gasteiger partial charge in [-0.05, 0) is 27.2 Å². The minimum atomic E-state index is -0.726. The van der Waals surface area contributed by atoms with Crippen LogP contribution in [0, 0.1) is 0 Å². The predicted octanol–water partition coefficient (Wildman–Crippen LogP) is 3.69. The van der Waals surface area contributed by atoms with Crippen molar-refractivity contribution < 1.29 is 19.2 Å². The molecular weight excluding hydrogens is 232 g/mol. The van der Waals surface area contributed by atoms with Crippen LogP contribution in [0.15, 0.2) is 0 Å². The summed E-state index contributed by atoms with van der Waals surface area (Å²) < 4.78 is 10.4. The third kappa shape index (κ3) is 11.0. The first-order chi connectivity index (χ1) is 8.52. The van der Waals surface area contributed by atoms with Crippen LogP contribution in [0.1, 0.15) is 59.8 Å². The number of unbranched alkanes of at least 4 members (excludes halogenated alkanes) is 3. The molecule has 0 fully saturated rings. The lowest BCUT2D eigenvalue weighted by atomic mass is 10.1. The van der Waals surface area contributed by atoms with Crippen molar-refractivity contribution in [2.45, 2.75) is 71.7 Å². The molecule has 0 N–H and O–H groups in total. The Bertz CT molecular complexity index is 183. The lowest BCUT2D eigenvalue weighted by Gasteiger charge is -2.25. The number of ether oxygens (including phenoxy) is 2. The van der Waals surface area contributed by atoms with Gasteiger partial charge in [-0.3, -0.25) is 0 Å². The predicted molar refractivity (Wildman–Crippen MR) is 72.3 cm³/mol. The Morgan fingerprint density at radius 3 is 2.39 bits per heavy atom. The Kier molecular flexibility index (Phi) is 10.6. The Balaban J connectivity index is 3.58. The van der Waals surface area contributed by atoms with Crippen LogP contribution in [-0.2, 0) is 19.2 Å². The van der Waals surface area contributed by atoms with Crippen molar-refractivity contribution in [3.05, 3.63) is 0 Å². The molecule has 0 radical (unpaired) electrons. The highest BCUT2D eigenvalue weighted by atomic mass is 17.2. The Morgan fingerprint density at radius 2 is 1.78 bits per heavy atom. The quantitative estimate of drug-likeness (QED) is 0.233. The molecule has 110 valence electrons. The molecule has 0 spiro atoms. The van der Waals surface area contributed by atoms with Crippen molar-refractivity contribution >= 4 is 0 Å². The molecule has 4 heteroatoms. The molecule has 4 nitrogen and oxygen atoms in total. The van der Waals surface area contributed by atoms with E-state index in [9.17, 15) is 0 Å². The molecule has 1 unspecified atom stereocenters. The van der Waals surface area contributed by atoms with E-state index in [2.05, 4.69) is 6.92 Å². The van der Waals surface area contributed by atoms with Crippen LogP contribution in [-0.4, -0.2) is 32.2 Å². The Labute approximate surface area is 112 Å². The first kappa shape index (κ1) is 17.8. The van der Waals surface area contributed by atoms with Crippen LogP contribution in [0.3, 0.4) is 0 Å². The van der Waals surface area contributed by atoms with Crippen LogP contribution < -0.4 is 0 Å². The SMILES string of the molecule is CCCCCCC(C)OOC(C)(C)OCCOC. The molecule has 0 saturated heterocycles. The molecule has 0 aromatic carbocycles. The van der Waals surface area contributed by atoms with Crippen molar-refractivity contribution in [3.8, 4) is 0 Å². The van der Waals surface area contributed by atoms with Gasteiger partial charge in [0.15, 0.2) is 5.79 Å². The average Bonchev–Trinajstić information content (AvgIpc) is 2.32. The van der Waals surface area contributed by atoms with Gasteiger partial charge in [0, 0.05) is 7.11 Å². The van der Waals surface area contributed by atoms with Gasteiger partial charge in [0.2, 0.25) is 0 Å². The summed E-state index contributed by atoms with van der Waals surface area (Å²) in [4.78, 5) is 10.7. The zero-order chi connectivity index (χ0) is 13.9. The summed E-state index contributed by atoms with van der Waals surface area (Å²) in [5.74, 6) is -0.726. The fourth-order valence-corrected chi connectivity index (χ4v) is 1.50. The summed E-state index contributed by atoms with van der Waals surface area (Å²) in [6, 6.07) is 0. The number of methoxy groups -OCH3 is 1. The number of hydrogen-bond acceptors (Lipinski definition) is 4. The van der Waals surface area contributed by atoms with Crippen LogP contribution in [0.2, 0.25) is 0 Å². The summed E-state index contributed by atoms with van der Waals surface area (Å²) in [6.07, 6.45) is 6.12. The largest absolute Gasteiger partial charge is 0.382 e. The fraction of sp³-hybridized carbons (Fsp3) is 1.00. The van der Waals surface area contributed by atoms with Crippen LogP contribution in [0.5, 0.6) is 0 Å². The molecule has 0 rings (SSSR count). The molecule has 1 atom stereocenters. The van der Waals surface area contributed by atoms with Crippen molar-refractivity contribution in [2.75, 3.05) is 20.3 Å². The third-order valence-corrected chi connectivity index (χ3v) is 2.61. The van der Waals surface area contributed by atoms with Crippen LogP contribution in [0.25, 0.3) is 0 Å². The zero-order valence-corrected chi connectivity index (χ0v) is 12.7. The van der Waals surface area contributed by atoms with Crippen molar-refractivity contribution in [3.63, 3.8) is 0 Å². The van der Waals surface area contributed by atoms with Gasteiger partial charge in [-0.2, -0.15) is 0 Å². The van der Waals surface area contributed by atoms with Gasteiger partial charge in [0.1, 0.15) is 0 Å². The van der Waals surface area contributed by atoms with E-state index in [-0.39, 0.29) is 6.10 Å². The summed E-state index contributed by atoms with van der Waals surface area (Å²) in [5, 5.41) is 0. The monoisotopic (exact) mass is 262 g/mol. The van der Waals surface area contributed by atoms with E-state index < -0.39 is 5.79 Å². The van der Waals surface area contributed by atoms with Crippen LogP contribution >= 0.6 is 0 Å². The second-order valence-electron chi connectivity index (χ2n) is 5.08. The van der Waals surface area contributed by atoms with Gasteiger partial charge in [0.25, 0.3) is 0 Å². The fourth-order valence-electron chi connectivity index (χ4n) is 1.50. The first-order valence-electron chi connectivity index (χ1n) is 6.99. The molecule has 0 aliphatic carbocycles. The maximum Gasteiger partial charge on any atom is 0.195 e. The van der Waals surface area contributed by atoms with Crippen molar-refractivity contribution in [1.82, 2.24) is 0 Å². The van der Waals surface area contributed by atoms with Crippen molar-refractivity contribution in [1.29, 1.82) is 0 Å². The molecule has 0 heterocycles. The average molecular weight is 262 g/mol. The first-order valence-corrected chi connectivity index (χ1v) is 6.99. The topological polar surface area (TPSA) is 36.9 Å². The molecule has 0 aliphatic heterocycles. The van der Waals surface area contributed by atoms with Crippen LogP contribution in [0.4, 0.5) is 0 Å². The molecule has 0 bridgehead atoms. The smallest absolute Gasteiger partial charge is 0.195 e. The lowest BCUT2D eigenvalue weighted by Crippen LogP contribution is -2.31. The van der Waals surface area contributed by atoms with Gasteiger partial charge in [-0.1, -0.05) is 32.6 Å². The minimum absolute atomic E-state index is 0.104. The Morgan fingerprint density at radius 1 is 1.06 bits per heavy atom. The molecular formula is C14H30O4. The highest BCUT2D eigenvalue weighted by Crippen LogP contribution is 2.15. The standard InChI is InChI=1S/C14H30O4/c1-6-7-8-9-10-13(2)17-18-14(3,4)16-12-11-15-5/h13H,6-12H2,1-5H3. The summed E-state index contributed by atoms with van der Waals surface area (Å²) in [5.41, 5.74) is 0. The van der Waals surface area contributed by atoms with E-state index in [1.165, 1.54) is 25.7 Å². The minimum Gasteiger partial charge on any atom is -0.382 e. The summed E-state index contributed by atoms with van der Waals surface area (Å²) in [7, 11) is 1.64. The molecule has 18 heavy (non-hydrogen) atoms. The van der Waals surface area contributed by atoms with Gasteiger partial charge in [-0.25, -0.2) is 9.78 Å². The van der Waals surface area contributed by atoms with Gasteiger partial charge in [0.05, 0.1) is 19.3 Å². The van der Waals surface area contributed by atoms with E-state index in [1.54, 1.807) is 7.11 Å². The van der Waals surface area contributed by atoms with E-state index in [1.807, 2.05) is 20.8 Å². The molecule has 0 aromatic heterocycles. The van der Waals surface area contributed by atoms with Gasteiger partial charge >= 0.3 is 0 Å². The van der Waals surface area contributed by atoms with E-state index >= 15 is 0 Å². The second-order valence-corrected chi connectivity index (χ2v) is 5.08. The molecule has 0 saturated carbocycles. The number of hydrogen-bond donors (Lipinski definition) is 0. The third-order valence-electron chi connectivity index (χ3n) is 2.61. The van der Waals surface area contributed by atoms with E-state index in [0.717, 1.165) is 6.42 Å². The maximum absolute atomic E-state index is 5.49. The van der Waals surface area contributed by atoms with E-state index in [0.29, 0.717) is 13.2 Å².